The second kappa shape index (κ2) is 4.44. The highest BCUT2D eigenvalue weighted by molar-refractivity contribution is 7.86. The highest BCUT2D eigenvalue weighted by atomic mass is 32.2. The van der Waals surface area contributed by atoms with E-state index in [2.05, 4.69) is 0 Å². The predicted molar refractivity (Wildman–Crippen MR) is 68.1 cm³/mol. The van der Waals surface area contributed by atoms with Gasteiger partial charge in [0, 0.05) is 11.1 Å². The quantitative estimate of drug-likeness (QED) is 0.818. The Morgan fingerprint density at radius 2 is 1.67 bits per heavy atom. The molecular formula is C13H12O4S. The standard InChI is InChI=1S/C13H12O4S/c1-9-6-7-11(13(8-9)18(15,16)17)10-4-2-3-5-12(10)14/h2-8,14H,1H3,(H,15,16,17). The fourth-order valence-corrected chi connectivity index (χ4v) is 2.56. The van der Waals surface area contributed by atoms with Gasteiger partial charge in [0.15, 0.2) is 0 Å². The van der Waals surface area contributed by atoms with E-state index in [1.165, 1.54) is 12.1 Å². The van der Waals surface area contributed by atoms with Crippen molar-refractivity contribution in [1.82, 2.24) is 0 Å². The number of phenolic OH excluding ortho intramolecular Hbond substituents is 1. The van der Waals surface area contributed by atoms with Crippen LogP contribution in [-0.4, -0.2) is 18.1 Å². The molecule has 0 heterocycles. The maximum absolute atomic E-state index is 11.4. The maximum Gasteiger partial charge on any atom is 0.295 e. The summed E-state index contributed by atoms with van der Waals surface area (Å²) in [4.78, 5) is -0.205. The molecule has 4 nitrogen and oxygen atoms in total. The first kappa shape index (κ1) is 12.6. The molecule has 0 fully saturated rings. The minimum Gasteiger partial charge on any atom is -0.507 e. The molecule has 0 bridgehead atoms. The SMILES string of the molecule is Cc1ccc(-c2ccccc2O)c(S(=O)(=O)O)c1. The van der Waals surface area contributed by atoms with E-state index in [-0.39, 0.29) is 16.2 Å². The molecule has 94 valence electrons. The van der Waals surface area contributed by atoms with Gasteiger partial charge in [-0.2, -0.15) is 8.42 Å². The summed E-state index contributed by atoms with van der Waals surface area (Å²) < 4.78 is 32.0. The van der Waals surface area contributed by atoms with Crippen LogP contribution < -0.4 is 0 Å². The second-order valence-corrected chi connectivity index (χ2v) is 5.38. The smallest absolute Gasteiger partial charge is 0.295 e. The lowest BCUT2D eigenvalue weighted by Gasteiger charge is -2.09. The Balaban J connectivity index is 2.77. The summed E-state index contributed by atoms with van der Waals surface area (Å²) in [6.07, 6.45) is 0. The zero-order valence-electron chi connectivity index (χ0n) is 9.66. The zero-order chi connectivity index (χ0) is 13.3. The van der Waals surface area contributed by atoms with E-state index < -0.39 is 10.1 Å². The van der Waals surface area contributed by atoms with Crippen LogP contribution in [0.2, 0.25) is 0 Å². The molecule has 0 saturated carbocycles. The van der Waals surface area contributed by atoms with Crippen molar-refractivity contribution in [3.05, 3.63) is 48.0 Å². The lowest BCUT2D eigenvalue weighted by molar-refractivity contribution is 0.476. The molecule has 2 aromatic carbocycles. The molecule has 0 amide bonds. The largest absolute Gasteiger partial charge is 0.507 e. The highest BCUT2D eigenvalue weighted by Crippen LogP contribution is 2.33. The Kier molecular flexibility index (Phi) is 3.11. The summed E-state index contributed by atoms with van der Waals surface area (Å²) in [6, 6.07) is 11.0. The number of aryl methyl sites for hydroxylation is 1. The van der Waals surface area contributed by atoms with Gasteiger partial charge < -0.3 is 5.11 Å². The third-order valence-corrected chi connectivity index (χ3v) is 3.50. The first-order valence-electron chi connectivity index (χ1n) is 5.26. The van der Waals surface area contributed by atoms with Gasteiger partial charge in [0.2, 0.25) is 0 Å². The normalized spacial score (nSPS) is 11.4. The van der Waals surface area contributed by atoms with Crippen LogP contribution >= 0.6 is 0 Å². The first-order chi connectivity index (χ1) is 8.39. The number of hydrogen-bond donors (Lipinski definition) is 2. The van der Waals surface area contributed by atoms with Crippen molar-refractivity contribution >= 4 is 10.1 Å². The molecule has 0 aliphatic heterocycles. The molecule has 0 spiro atoms. The van der Waals surface area contributed by atoms with Gasteiger partial charge in [-0.1, -0.05) is 30.3 Å². The van der Waals surface area contributed by atoms with Crippen LogP contribution in [0, 0.1) is 6.92 Å². The molecule has 0 unspecified atom stereocenters. The first-order valence-corrected chi connectivity index (χ1v) is 6.70. The Labute approximate surface area is 105 Å². The molecule has 2 aromatic rings. The third kappa shape index (κ3) is 2.37. The van der Waals surface area contributed by atoms with Gasteiger partial charge in [0.1, 0.15) is 10.6 Å². The monoisotopic (exact) mass is 264 g/mol. The number of para-hydroxylation sites is 1. The molecule has 0 radical (unpaired) electrons. The molecule has 0 aromatic heterocycles. The van der Waals surface area contributed by atoms with Crippen LogP contribution in [-0.2, 0) is 10.1 Å². The number of hydrogen-bond acceptors (Lipinski definition) is 3. The van der Waals surface area contributed by atoms with Crippen molar-refractivity contribution in [3.63, 3.8) is 0 Å². The van der Waals surface area contributed by atoms with Crippen LogP contribution in [0.25, 0.3) is 11.1 Å². The molecule has 5 heteroatoms. The van der Waals surface area contributed by atoms with Gasteiger partial charge in [-0.25, -0.2) is 0 Å². The van der Waals surface area contributed by atoms with Crippen molar-refractivity contribution in [2.75, 3.05) is 0 Å². The molecule has 0 aliphatic rings. The number of phenols is 1. The van der Waals surface area contributed by atoms with Crippen molar-refractivity contribution in [2.45, 2.75) is 11.8 Å². The van der Waals surface area contributed by atoms with E-state index in [9.17, 15) is 18.1 Å². The molecule has 2 N–H and O–H groups in total. The van der Waals surface area contributed by atoms with Gasteiger partial charge in [-0.3, -0.25) is 4.55 Å². The van der Waals surface area contributed by atoms with Gasteiger partial charge in [0.05, 0.1) is 0 Å². The van der Waals surface area contributed by atoms with Crippen LogP contribution in [0.1, 0.15) is 5.56 Å². The Morgan fingerprint density at radius 3 is 2.28 bits per heavy atom. The minimum absolute atomic E-state index is 0.0359. The van der Waals surface area contributed by atoms with E-state index in [0.717, 1.165) is 0 Å². The number of benzene rings is 2. The van der Waals surface area contributed by atoms with Crippen molar-refractivity contribution in [3.8, 4) is 16.9 Å². The van der Waals surface area contributed by atoms with E-state index in [1.807, 2.05) is 0 Å². The fourth-order valence-electron chi connectivity index (χ4n) is 1.77. The zero-order valence-corrected chi connectivity index (χ0v) is 10.5. The van der Waals surface area contributed by atoms with Gasteiger partial charge in [-0.15, -0.1) is 0 Å². The number of rotatable bonds is 2. The molecule has 2 rings (SSSR count). The Morgan fingerprint density at radius 1 is 1.00 bits per heavy atom. The highest BCUT2D eigenvalue weighted by Gasteiger charge is 2.18. The fraction of sp³-hybridized carbons (Fsp3) is 0.0769. The predicted octanol–water partition coefficient (Wildman–Crippen LogP) is 2.61. The van der Waals surface area contributed by atoms with Gasteiger partial charge in [0.25, 0.3) is 10.1 Å². The Hall–Kier alpha value is -1.85. The topological polar surface area (TPSA) is 74.6 Å². The molecule has 0 aliphatic carbocycles. The average molecular weight is 264 g/mol. The number of aromatic hydroxyl groups is 1. The summed E-state index contributed by atoms with van der Waals surface area (Å²) >= 11 is 0. The lowest BCUT2D eigenvalue weighted by Crippen LogP contribution is -2.01. The van der Waals surface area contributed by atoms with Gasteiger partial charge in [-0.05, 0) is 24.6 Å². The lowest BCUT2D eigenvalue weighted by atomic mass is 10.0. The summed E-state index contributed by atoms with van der Waals surface area (Å²) in [7, 11) is -4.33. The summed E-state index contributed by atoms with van der Waals surface area (Å²) in [6.45, 7) is 1.73. The van der Waals surface area contributed by atoms with Crippen LogP contribution in [0.5, 0.6) is 5.75 Å². The van der Waals surface area contributed by atoms with Crippen LogP contribution in [0.4, 0.5) is 0 Å². The van der Waals surface area contributed by atoms with Crippen molar-refractivity contribution in [2.24, 2.45) is 0 Å². The molecule has 18 heavy (non-hydrogen) atoms. The summed E-state index contributed by atoms with van der Waals surface area (Å²) in [5, 5.41) is 9.75. The third-order valence-electron chi connectivity index (χ3n) is 2.61. The van der Waals surface area contributed by atoms with E-state index >= 15 is 0 Å². The average Bonchev–Trinajstić information content (AvgIpc) is 2.29. The van der Waals surface area contributed by atoms with E-state index in [1.54, 1.807) is 37.3 Å². The van der Waals surface area contributed by atoms with Crippen molar-refractivity contribution < 1.29 is 18.1 Å². The van der Waals surface area contributed by atoms with Crippen LogP contribution in [0.15, 0.2) is 47.4 Å². The summed E-state index contributed by atoms with van der Waals surface area (Å²) in [5.41, 5.74) is 1.35. The van der Waals surface area contributed by atoms with E-state index in [4.69, 9.17) is 0 Å². The Bertz CT molecular complexity index is 690. The molecule has 0 atom stereocenters. The second-order valence-electron chi connectivity index (χ2n) is 3.99. The summed E-state index contributed by atoms with van der Waals surface area (Å²) in [5.74, 6) is -0.0359. The van der Waals surface area contributed by atoms with E-state index in [0.29, 0.717) is 11.1 Å². The van der Waals surface area contributed by atoms with Crippen molar-refractivity contribution in [1.29, 1.82) is 0 Å². The molecular weight excluding hydrogens is 252 g/mol. The van der Waals surface area contributed by atoms with Gasteiger partial charge >= 0.3 is 0 Å². The maximum atomic E-state index is 11.4. The molecule has 0 saturated heterocycles. The van der Waals surface area contributed by atoms with Crippen LogP contribution in [0.3, 0.4) is 0 Å². The minimum atomic E-state index is -4.33.